The molecule has 2 aromatic rings. The van der Waals surface area contributed by atoms with Crippen LogP contribution in [0.25, 0.3) is 0 Å². The second-order valence-electron chi connectivity index (χ2n) is 7.66. The van der Waals surface area contributed by atoms with E-state index in [0.29, 0.717) is 5.92 Å². The molecule has 0 N–H and O–H groups in total. The minimum absolute atomic E-state index is 0.288. The van der Waals surface area contributed by atoms with Crippen molar-refractivity contribution in [3.8, 4) is 0 Å². The van der Waals surface area contributed by atoms with E-state index in [1.54, 1.807) is 0 Å². The molecule has 0 amide bonds. The summed E-state index contributed by atoms with van der Waals surface area (Å²) in [7, 11) is -1.73. The van der Waals surface area contributed by atoms with Crippen molar-refractivity contribution in [3.63, 3.8) is 0 Å². The van der Waals surface area contributed by atoms with Gasteiger partial charge in [0.05, 0.1) is 0 Å². The van der Waals surface area contributed by atoms with Gasteiger partial charge in [-0.2, -0.15) is 0 Å². The van der Waals surface area contributed by atoms with Crippen molar-refractivity contribution < 1.29 is 4.43 Å². The second kappa shape index (κ2) is 6.62. The van der Waals surface area contributed by atoms with Gasteiger partial charge in [0.15, 0.2) is 8.32 Å². The Hall–Kier alpha value is -1.38. The van der Waals surface area contributed by atoms with Crippen LogP contribution in [0.2, 0.25) is 19.6 Å². The first kappa shape index (κ1) is 16.5. The molecule has 0 unspecified atom stereocenters. The quantitative estimate of drug-likeness (QED) is 0.615. The second-order valence-corrected chi connectivity index (χ2v) is 12.1. The lowest BCUT2D eigenvalue weighted by Gasteiger charge is -2.44. The lowest BCUT2D eigenvalue weighted by atomic mass is 9.75. The third kappa shape index (κ3) is 3.43. The van der Waals surface area contributed by atoms with Gasteiger partial charge in [-0.3, -0.25) is 0 Å². The summed E-state index contributed by atoms with van der Waals surface area (Å²) in [6.45, 7) is 6.92. The number of hydrogen-bond donors (Lipinski definition) is 0. The van der Waals surface area contributed by atoms with Gasteiger partial charge >= 0.3 is 0 Å². The predicted octanol–water partition coefficient (Wildman–Crippen LogP) is 5.97. The van der Waals surface area contributed by atoms with Crippen LogP contribution in [0.4, 0.5) is 0 Å². The Kier molecular flexibility index (Phi) is 4.74. The standard InChI is InChI=1S/C21H28OSi/c1-23(2,3)22-21(20-16-10-11-17-20,18-12-6-4-7-13-18)19-14-8-5-9-15-19/h4-9,12-15,20H,10-11,16-17H2,1-3H3. The first-order valence-electron chi connectivity index (χ1n) is 8.83. The van der Waals surface area contributed by atoms with Gasteiger partial charge < -0.3 is 4.43 Å². The molecule has 0 saturated heterocycles. The molecular weight excluding hydrogens is 296 g/mol. The van der Waals surface area contributed by atoms with Crippen molar-refractivity contribution in [3.05, 3.63) is 71.8 Å². The fourth-order valence-electron chi connectivity index (χ4n) is 4.03. The smallest absolute Gasteiger partial charge is 0.185 e. The summed E-state index contributed by atoms with van der Waals surface area (Å²) in [6.07, 6.45) is 5.16. The average Bonchev–Trinajstić information content (AvgIpc) is 3.08. The molecule has 1 nitrogen and oxygen atoms in total. The van der Waals surface area contributed by atoms with Gasteiger partial charge in [-0.05, 0) is 49.5 Å². The molecule has 0 aromatic heterocycles. The van der Waals surface area contributed by atoms with E-state index in [0.717, 1.165) is 0 Å². The molecule has 23 heavy (non-hydrogen) atoms. The zero-order chi connectivity index (χ0) is 16.3. The summed E-state index contributed by atoms with van der Waals surface area (Å²) in [6, 6.07) is 21.8. The van der Waals surface area contributed by atoms with Crippen LogP contribution >= 0.6 is 0 Å². The molecule has 0 bridgehead atoms. The predicted molar refractivity (Wildman–Crippen MR) is 100 cm³/mol. The highest BCUT2D eigenvalue weighted by Gasteiger charge is 2.46. The largest absolute Gasteiger partial charge is 0.404 e. The monoisotopic (exact) mass is 324 g/mol. The van der Waals surface area contributed by atoms with Gasteiger partial charge in [-0.1, -0.05) is 73.5 Å². The van der Waals surface area contributed by atoms with E-state index >= 15 is 0 Å². The zero-order valence-electron chi connectivity index (χ0n) is 14.6. The summed E-state index contributed by atoms with van der Waals surface area (Å²) in [4.78, 5) is 0. The van der Waals surface area contributed by atoms with Crippen molar-refractivity contribution in [1.29, 1.82) is 0 Å². The first-order valence-corrected chi connectivity index (χ1v) is 12.2. The van der Waals surface area contributed by atoms with Crippen LogP contribution in [0, 0.1) is 5.92 Å². The zero-order valence-corrected chi connectivity index (χ0v) is 15.6. The fraction of sp³-hybridized carbons (Fsp3) is 0.429. The molecule has 0 aliphatic heterocycles. The topological polar surface area (TPSA) is 9.23 Å². The van der Waals surface area contributed by atoms with E-state index in [1.807, 2.05) is 0 Å². The van der Waals surface area contributed by atoms with E-state index in [-0.39, 0.29) is 5.60 Å². The Morgan fingerprint density at radius 1 is 0.783 bits per heavy atom. The van der Waals surface area contributed by atoms with Crippen LogP contribution in [-0.4, -0.2) is 8.32 Å². The minimum Gasteiger partial charge on any atom is -0.404 e. The van der Waals surface area contributed by atoms with Crippen molar-refractivity contribution in [2.75, 3.05) is 0 Å². The van der Waals surface area contributed by atoms with E-state index in [4.69, 9.17) is 4.43 Å². The lowest BCUT2D eigenvalue weighted by Crippen LogP contribution is -2.46. The third-order valence-corrected chi connectivity index (χ3v) is 5.74. The third-order valence-electron chi connectivity index (χ3n) is 4.80. The van der Waals surface area contributed by atoms with Gasteiger partial charge in [0.2, 0.25) is 0 Å². The van der Waals surface area contributed by atoms with Gasteiger partial charge in [0, 0.05) is 0 Å². The van der Waals surface area contributed by atoms with Gasteiger partial charge in [-0.25, -0.2) is 0 Å². The van der Waals surface area contributed by atoms with Gasteiger partial charge in [0.25, 0.3) is 0 Å². The van der Waals surface area contributed by atoms with E-state index < -0.39 is 8.32 Å². The van der Waals surface area contributed by atoms with E-state index in [1.165, 1.54) is 36.8 Å². The molecule has 0 radical (unpaired) electrons. The molecule has 122 valence electrons. The lowest BCUT2D eigenvalue weighted by molar-refractivity contribution is 0.0381. The highest BCUT2D eigenvalue weighted by atomic mass is 28.4. The number of rotatable bonds is 5. The van der Waals surface area contributed by atoms with Gasteiger partial charge in [0.1, 0.15) is 5.60 Å². The van der Waals surface area contributed by atoms with Crippen LogP contribution in [-0.2, 0) is 10.0 Å². The summed E-state index contributed by atoms with van der Waals surface area (Å²) < 4.78 is 7.02. The molecule has 2 aromatic carbocycles. The Balaban J connectivity index is 2.20. The van der Waals surface area contributed by atoms with Crippen molar-refractivity contribution in [1.82, 2.24) is 0 Å². The van der Waals surface area contributed by atoms with Crippen LogP contribution in [0.3, 0.4) is 0 Å². The summed E-state index contributed by atoms with van der Waals surface area (Å²) in [5.41, 5.74) is 2.35. The molecule has 1 saturated carbocycles. The van der Waals surface area contributed by atoms with Crippen molar-refractivity contribution >= 4 is 8.32 Å². The SMILES string of the molecule is C[Si](C)(C)OC(c1ccccc1)(c1ccccc1)C1CCCC1. The maximum atomic E-state index is 7.02. The Bertz CT molecular complexity index is 570. The average molecular weight is 325 g/mol. The normalized spacial score (nSPS) is 16.7. The summed E-state index contributed by atoms with van der Waals surface area (Å²) in [5, 5.41) is 0. The van der Waals surface area contributed by atoms with Crippen LogP contribution in [0.1, 0.15) is 36.8 Å². The summed E-state index contributed by atoms with van der Waals surface area (Å²) >= 11 is 0. The molecule has 1 fully saturated rings. The maximum Gasteiger partial charge on any atom is 0.185 e. The Morgan fingerprint density at radius 2 is 1.22 bits per heavy atom. The van der Waals surface area contributed by atoms with Crippen LogP contribution in [0.5, 0.6) is 0 Å². The number of benzene rings is 2. The van der Waals surface area contributed by atoms with Crippen LogP contribution < -0.4 is 0 Å². The molecule has 3 rings (SSSR count). The Morgan fingerprint density at radius 3 is 1.61 bits per heavy atom. The summed E-state index contributed by atoms with van der Waals surface area (Å²) in [5.74, 6) is 0.569. The van der Waals surface area contributed by atoms with Crippen molar-refractivity contribution in [2.24, 2.45) is 5.92 Å². The molecule has 0 spiro atoms. The fourth-order valence-corrected chi connectivity index (χ4v) is 5.39. The Labute approximate surface area is 141 Å². The maximum absolute atomic E-state index is 7.02. The van der Waals surface area contributed by atoms with Crippen LogP contribution in [0.15, 0.2) is 60.7 Å². The highest BCUT2D eigenvalue weighted by molar-refractivity contribution is 6.69. The van der Waals surface area contributed by atoms with E-state index in [9.17, 15) is 0 Å². The molecule has 1 aliphatic rings. The molecule has 0 heterocycles. The minimum atomic E-state index is -1.73. The molecule has 1 aliphatic carbocycles. The molecular formula is C21H28OSi. The van der Waals surface area contributed by atoms with E-state index in [2.05, 4.69) is 80.3 Å². The molecule has 2 heteroatoms. The number of hydrogen-bond acceptors (Lipinski definition) is 1. The first-order chi connectivity index (χ1) is 11.0. The van der Waals surface area contributed by atoms with Gasteiger partial charge in [-0.15, -0.1) is 0 Å². The molecule has 0 atom stereocenters. The van der Waals surface area contributed by atoms with Crippen molar-refractivity contribution in [2.45, 2.75) is 50.9 Å². The highest BCUT2D eigenvalue weighted by Crippen LogP contribution is 2.49.